The van der Waals surface area contributed by atoms with Gasteiger partial charge in [0, 0.05) is 0 Å². The Bertz CT molecular complexity index is 357. The Morgan fingerprint density at radius 1 is 0.500 bits per heavy atom. The highest BCUT2D eigenvalue weighted by atomic mass is 28.3. The summed E-state index contributed by atoms with van der Waals surface area (Å²) < 4.78 is 0. The molecule has 0 unspecified atom stereocenters. The summed E-state index contributed by atoms with van der Waals surface area (Å²) in [7, 11) is -1.40. The van der Waals surface area contributed by atoms with E-state index >= 15 is 0 Å². The normalized spacial score (nSPS) is 43.0. The fraction of sp³-hybridized carbons (Fsp3) is 1.00. The smallest absolute Gasteiger partial charge is 0.0536 e. The zero-order valence-corrected chi connectivity index (χ0v) is 17.0. The van der Waals surface area contributed by atoms with Crippen LogP contribution in [0.4, 0.5) is 0 Å². The fourth-order valence-corrected chi connectivity index (χ4v) is 18.1. The topological polar surface area (TPSA) is 0 Å². The van der Waals surface area contributed by atoms with Crippen LogP contribution in [0, 0.1) is 17.8 Å². The summed E-state index contributed by atoms with van der Waals surface area (Å²) in [5.41, 5.74) is 0. The van der Waals surface area contributed by atoms with Gasteiger partial charge in [-0.15, -0.1) is 0 Å². The molecule has 4 heterocycles. The van der Waals surface area contributed by atoms with Gasteiger partial charge in [-0.1, -0.05) is 107 Å². The molecule has 4 aliphatic heterocycles. The molecular weight excluding hydrogens is 296 g/mol. The minimum Gasteiger partial charge on any atom is -0.0625 e. The van der Waals surface area contributed by atoms with Gasteiger partial charge in [0.2, 0.25) is 0 Å². The third kappa shape index (κ3) is 3.16. The van der Waals surface area contributed by atoms with Crippen molar-refractivity contribution in [3.63, 3.8) is 0 Å². The Morgan fingerprint density at radius 3 is 1.32 bits per heavy atom. The number of rotatable bonds is 1. The maximum absolute atomic E-state index is 2.50. The SMILES string of the molecule is C[C@H]1CC[Si]2(CC1)CC[C@@H](C1CC[Si]3(CCCC3)CC1)CC2. The second kappa shape index (κ2) is 6.39. The average molecular weight is 335 g/mol. The molecule has 0 N–H and O–H groups in total. The molecule has 0 atom stereocenters. The quantitative estimate of drug-likeness (QED) is 0.456. The summed E-state index contributed by atoms with van der Waals surface area (Å²) in [6.45, 7) is 2.50. The van der Waals surface area contributed by atoms with Crippen LogP contribution in [0.1, 0.15) is 58.3 Å². The third-order valence-corrected chi connectivity index (χ3v) is 19.8. The van der Waals surface area contributed by atoms with E-state index in [4.69, 9.17) is 0 Å². The molecule has 0 radical (unpaired) electrons. The lowest BCUT2D eigenvalue weighted by molar-refractivity contribution is 0.272. The Kier molecular flexibility index (Phi) is 4.63. The molecule has 4 saturated heterocycles. The van der Waals surface area contributed by atoms with Crippen LogP contribution in [0.2, 0.25) is 48.4 Å². The summed E-state index contributed by atoms with van der Waals surface area (Å²) in [5, 5.41) is 0. The molecule has 126 valence electrons. The van der Waals surface area contributed by atoms with Gasteiger partial charge in [-0.3, -0.25) is 0 Å². The van der Waals surface area contributed by atoms with E-state index in [1.165, 1.54) is 11.8 Å². The van der Waals surface area contributed by atoms with E-state index in [9.17, 15) is 0 Å². The van der Waals surface area contributed by atoms with Crippen LogP contribution in [-0.4, -0.2) is 16.1 Å². The highest BCUT2D eigenvalue weighted by molar-refractivity contribution is 6.81. The molecule has 0 aromatic rings. The highest BCUT2D eigenvalue weighted by Gasteiger charge is 2.44. The number of hydrogen-bond acceptors (Lipinski definition) is 0. The van der Waals surface area contributed by atoms with Crippen molar-refractivity contribution in [3.05, 3.63) is 0 Å². The van der Waals surface area contributed by atoms with E-state index < -0.39 is 16.1 Å². The van der Waals surface area contributed by atoms with Crippen molar-refractivity contribution >= 4 is 16.1 Å². The summed E-state index contributed by atoms with van der Waals surface area (Å²) >= 11 is 0. The van der Waals surface area contributed by atoms with Crippen molar-refractivity contribution in [1.29, 1.82) is 0 Å². The van der Waals surface area contributed by atoms with Crippen LogP contribution < -0.4 is 0 Å². The first kappa shape index (κ1) is 15.9. The first-order valence-electron chi connectivity index (χ1n) is 10.7. The number of hydrogen-bond donors (Lipinski definition) is 0. The van der Waals surface area contributed by atoms with E-state index in [-0.39, 0.29) is 0 Å². The Hall–Kier alpha value is 0.434. The second-order valence-corrected chi connectivity index (χ2v) is 20.1. The zero-order valence-electron chi connectivity index (χ0n) is 15.0. The van der Waals surface area contributed by atoms with Gasteiger partial charge in [-0.2, -0.15) is 0 Å². The summed E-state index contributed by atoms with van der Waals surface area (Å²) in [4.78, 5) is 0. The van der Waals surface area contributed by atoms with Crippen LogP contribution >= 0.6 is 0 Å². The molecule has 2 spiro atoms. The zero-order chi connectivity index (χ0) is 15.0. The first-order valence-corrected chi connectivity index (χ1v) is 16.3. The van der Waals surface area contributed by atoms with Gasteiger partial charge in [0.05, 0.1) is 16.1 Å². The molecule has 0 saturated carbocycles. The van der Waals surface area contributed by atoms with E-state index in [0.717, 1.165) is 5.92 Å². The van der Waals surface area contributed by atoms with Crippen molar-refractivity contribution in [1.82, 2.24) is 0 Å². The van der Waals surface area contributed by atoms with E-state index in [0.29, 0.717) is 0 Å². The van der Waals surface area contributed by atoms with Crippen molar-refractivity contribution in [2.45, 2.75) is 107 Å². The lowest BCUT2D eigenvalue weighted by Crippen LogP contribution is -2.43. The Labute approximate surface area is 140 Å². The molecule has 0 nitrogen and oxygen atoms in total. The van der Waals surface area contributed by atoms with Gasteiger partial charge in [-0.25, -0.2) is 0 Å². The summed E-state index contributed by atoms with van der Waals surface area (Å²) in [6, 6.07) is 13.8. The van der Waals surface area contributed by atoms with Crippen LogP contribution in [-0.2, 0) is 0 Å². The monoisotopic (exact) mass is 334 g/mol. The Morgan fingerprint density at radius 2 is 0.864 bits per heavy atom. The summed E-state index contributed by atoms with van der Waals surface area (Å²) in [6.07, 6.45) is 13.1. The molecular formula is C20H38Si2. The van der Waals surface area contributed by atoms with Gasteiger partial charge in [0.1, 0.15) is 0 Å². The molecule has 0 amide bonds. The predicted octanol–water partition coefficient (Wildman–Crippen LogP) is 6.93. The minimum absolute atomic E-state index is 0.663. The minimum atomic E-state index is -0.740. The van der Waals surface area contributed by atoms with Gasteiger partial charge in [0.15, 0.2) is 0 Å². The van der Waals surface area contributed by atoms with Gasteiger partial charge in [0.25, 0.3) is 0 Å². The van der Waals surface area contributed by atoms with Crippen molar-refractivity contribution in [2.75, 3.05) is 0 Å². The molecule has 0 aromatic heterocycles. The van der Waals surface area contributed by atoms with Gasteiger partial charge < -0.3 is 0 Å². The van der Waals surface area contributed by atoms with Crippen LogP contribution in [0.25, 0.3) is 0 Å². The van der Waals surface area contributed by atoms with Gasteiger partial charge >= 0.3 is 0 Å². The van der Waals surface area contributed by atoms with Crippen LogP contribution in [0.15, 0.2) is 0 Å². The van der Waals surface area contributed by atoms with Crippen LogP contribution in [0.3, 0.4) is 0 Å². The van der Waals surface area contributed by atoms with Crippen molar-refractivity contribution in [2.24, 2.45) is 17.8 Å². The summed E-state index contributed by atoms with van der Waals surface area (Å²) in [5.74, 6) is 3.40. The standard InChI is InChI=1S/C20H38Si2/c1-18-4-12-22(13-5-18)16-8-20(9-17-22)19-6-14-21(15-7-19)10-2-3-11-21/h18-20H,2-17H2,1H3/t18-,20-,22?. The van der Waals surface area contributed by atoms with Gasteiger partial charge in [-0.05, 0) is 17.8 Å². The molecule has 0 aromatic carbocycles. The Balaban J connectivity index is 1.27. The van der Waals surface area contributed by atoms with E-state index in [1.807, 2.05) is 0 Å². The molecule has 2 heteroatoms. The first-order chi connectivity index (χ1) is 10.7. The lowest BCUT2D eigenvalue weighted by atomic mass is 9.83. The molecule has 4 rings (SSSR count). The molecule has 0 bridgehead atoms. The van der Waals surface area contributed by atoms with Crippen molar-refractivity contribution < 1.29 is 0 Å². The third-order valence-electron chi connectivity index (χ3n) is 8.85. The van der Waals surface area contributed by atoms with E-state index in [1.54, 1.807) is 99.7 Å². The molecule has 0 aliphatic carbocycles. The molecule has 22 heavy (non-hydrogen) atoms. The lowest BCUT2D eigenvalue weighted by Gasteiger charge is -2.46. The van der Waals surface area contributed by atoms with Crippen molar-refractivity contribution in [3.8, 4) is 0 Å². The largest absolute Gasteiger partial charge is 0.0625 e. The second-order valence-electron chi connectivity index (χ2n) is 10.1. The van der Waals surface area contributed by atoms with Crippen LogP contribution in [0.5, 0.6) is 0 Å². The predicted molar refractivity (Wildman–Crippen MR) is 103 cm³/mol. The maximum Gasteiger partial charge on any atom is 0.0536 e. The average Bonchev–Trinajstić information content (AvgIpc) is 3.01. The maximum atomic E-state index is 2.50. The molecule has 4 aliphatic rings. The molecule has 4 fully saturated rings. The van der Waals surface area contributed by atoms with E-state index in [2.05, 4.69) is 6.92 Å². The fourth-order valence-electron chi connectivity index (χ4n) is 6.95. The highest BCUT2D eigenvalue weighted by Crippen LogP contribution is 2.51.